The number of thioether (sulfide) groups is 1. The molecule has 0 aromatic carbocycles. The fourth-order valence-corrected chi connectivity index (χ4v) is 3.26. The quantitative estimate of drug-likeness (QED) is 0.143. The number of amidine groups is 1. The maximum atomic E-state index is 10.5. The fourth-order valence-electron chi connectivity index (χ4n) is 2.39. The summed E-state index contributed by atoms with van der Waals surface area (Å²) in [6.45, 7) is 14.4. The number of alkyl halides is 1. The van der Waals surface area contributed by atoms with Gasteiger partial charge in [-0.25, -0.2) is 0 Å². The van der Waals surface area contributed by atoms with E-state index in [0.29, 0.717) is 5.88 Å². The molecule has 1 aliphatic heterocycles. The molecule has 0 saturated heterocycles. The van der Waals surface area contributed by atoms with Gasteiger partial charge >= 0.3 is 0 Å². The lowest BCUT2D eigenvalue weighted by atomic mass is 10.2. The number of anilines is 1. The van der Waals surface area contributed by atoms with Crippen molar-refractivity contribution < 1.29 is 4.79 Å². The Morgan fingerprint density at radius 1 is 1.36 bits per heavy atom. The number of carbonyl (C=O) groups is 1. The highest BCUT2D eigenvalue weighted by atomic mass is 35.5. The van der Waals surface area contributed by atoms with Crippen LogP contribution in [-0.2, 0) is 11.2 Å². The average Bonchev–Trinajstić information content (AvgIpc) is 3.27. The number of carbonyl (C=O) groups excluding carboxylic acids is 1. The highest BCUT2D eigenvalue weighted by molar-refractivity contribution is 8.07. The zero-order chi connectivity index (χ0) is 24.9. The van der Waals surface area contributed by atoms with Crippen LogP contribution < -0.4 is 10.2 Å². The Hall–Kier alpha value is -2.83. The Balaban J connectivity index is 0.000000653. The van der Waals surface area contributed by atoms with Gasteiger partial charge in [-0.15, -0.1) is 11.6 Å². The van der Waals surface area contributed by atoms with Gasteiger partial charge in [-0.1, -0.05) is 63.1 Å². The molecule has 0 spiro atoms. The van der Waals surface area contributed by atoms with E-state index in [2.05, 4.69) is 28.5 Å². The number of halogens is 1. The van der Waals surface area contributed by atoms with Crippen molar-refractivity contribution in [2.45, 2.75) is 27.2 Å². The first-order chi connectivity index (χ1) is 16.0. The molecule has 33 heavy (non-hydrogen) atoms. The van der Waals surface area contributed by atoms with Crippen LogP contribution in [0.25, 0.3) is 0 Å². The number of rotatable bonds is 9. The van der Waals surface area contributed by atoms with Crippen molar-refractivity contribution >= 4 is 41.3 Å². The lowest BCUT2D eigenvalue weighted by molar-refractivity contribution is -0.107. The first kappa shape index (κ1) is 30.2. The summed E-state index contributed by atoms with van der Waals surface area (Å²) < 4.78 is 0. The van der Waals surface area contributed by atoms with Crippen LogP contribution in [0.3, 0.4) is 0 Å². The molecule has 2 rings (SSSR count). The molecule has 1 aromatic heterocycles. The van der Waals surface area contributed by atoms with Gasteiger partial charge in [0.2, 0.25) is 6.41 Å². The van der Waals surface area contributed by atoms with Crippen LogP contribution in [0.2, 0.25) is 0 Å². The molecule has 2 heterocycles. The molecule has 5 nitrogen and oxygen atoms in total. The van der Waals surface area contributed by atoms with Crippen molar-refractivity contribution in [2.24, 2.45) is 4.99 Å². The van der Waals surface area contributed by atoms with E-state index in [1.54, 1.807) is 42.2 Å². The van der Waals surface area contributed by atoms with E-state index in [1.165, 1.54) is 5.56 Å². The van der Waals surface area contributed by atoms with Gasteiger partial charge in [-0.2, -0.15) is 0 Å². The maximum Gasteiger partial charge on any atom is 0.214 e. The van der Waals surface area contributed by atoms with Gasteiger partial charge in [0.05, 0.1) is 17.7 Å². The van der Waals surface area contributed by atoms with Crippen molar-refractivity contribution in [1.29, 1.82) is 0 Å². The molecule has 0 atom stereocenters. The first-order valence-corrected chi connectivity index (χ1v) is 12.0. The summed E-state index contributed by atoms with van der Waals surface area (Å²) in [7, 11) is 1.74. The molecule has 1 aromatic rings. The molecule has 7 heteroatoms. The van der Waals surface area contributed by atoms with Gasteiger partial charge in [-0.3, -0.25) is 14.8 Å². The SMILES string of the molecule is C=C/C=C(\C=C/CCl)SC(=C)/C=C/C=C\NC(C)=NC.CC.O=CN1CCc2ccncc21. The third kappa shape index (κ3) is 13.3. The molecule has 0 aliphatic carbocycles. The number of fused-ring (bicyclic) bond motifs is 1. The second kappa shape index (κ2) is 19.8. The highest BCUT2D eigenvalue weighted by Gasteiger charge is 2.17. The van der Waals surface area contributed by atoms with Crippen LogP contribution in [0, 0.1) is 0 Å². The number of hydrogen-bond acceptors (Lipinski definition) is 4. The van der Waals surface area contributed by atoms with Crippen LogP contribution in [0.5, 0.6) is 0 Å². The van der Waals surface area contributed by atoms with Crippen molar-refractivity contribution in [3.63, 3.8) is 0 Å². The average molecular weight is 487 g/mol. The lowest BCUT2D eigenvalue weighted by Crippen LogP contribution is -2.17. The van der Waals surface area contributed by atoms with E-state index in [9.17, 15) is 4.79 Å². The molecule has 1 N–H and O–H groups in total. The largest absolute Gasteiger partial charge is 0.351 e. The third-order valence-electron chi connectivity index (χ3n) is 3.97. The summed E-state index contributed by atoms with van der Waals surface area (Å²) in [6.07, 6.45) is 20.4. The maximum absolute atomic E-state index is 10.5. The van der Waals surface area contributed by atoms with E-state index in [1.807, 2.05) is 69.5 Å². The fraction of sp³-hybridized carbons (Fsp3) is 0.269. The van der Waals surface area contributed by atoms with Gasteiger partial charge in [0.15, 0.2) is 0 Å². The van der Waals surface area contributed by atoms with Gasteiger partial charge in [0.1, 0.15) is 0 Å². The second-order valence-corrected chi connectivity index (χ2v) is 7.66. The van der Waals surface area contributed by atoms with E-state index in [0.717, 1.165) is 40.7 Å². The monoisotopic (exact) mass is 486 g/mol. The summed E-state index contributed by atoms with van der Waals surface area (Å²) in [6, 6.07) is 1.96. The van der Waals surface area contributed by atoms with Crippen molar-refractivity contribution in [3.05, 3.63) is 95.7 Å². The van der Waals surface area contributed by atoms with Crippen molar-refractivity contribution in [3.8, 4) is 0 Å². The summed E-state index contributed by atoms with van der Waals surface area (Å²) in [4.78, 5) is 22.1. The number of amides is 1. The number of aromatic nitrogens is 1. The zero-order valence-corrected chi connectivity index (χ0v) is 21.6. The minimum absolute atomic E-state index is 0.490. The molecule has 1 amide bonds. The van der Waals surface area contributed by atoms with Gasteiger partial charge in [0.25, 0.3) is 0 Å². The molecule has 0 saturated carbocycles. The van der Waals surface area contributed by atoms with Crippen LogP contribution >= 0.6 is 23.4 Å². The number of hydrogen-bond donors (Lipinski definition) is 1. The van der Waals surface area contributed by atoms with Crippen molar-refractivity contribution in [2.75, 3.05) is 24.4 Å². The predicted molar refractivity (Wildman–Crippen MR) is 148 cm³/mol. The summed E-state index contributed by atoms with van der Waals surface area (Å²) in [5, 5.41) is 3.03. The number of aliphatic imine (C=N–C) groups is 1. The molecular weight excluding hydrogens is 452 g/mol. The van der Waals surface area contributed by atoms with E-state index in [-0.39, 0.29) is 0 Å². The molecular formula is C26H35ClN4OS. The number of pyridine rings is 1. The summed E-state index contributed by atoms with van der Waals surface area (Å²) in [5.41, 5.74) is 2.18. The zero-order valence-electron chi connectivity index (χ0n) is 20.0. The molecule has 0 radical (unpaired) electrons. The van der Waals surface area contributed by atoms with Gasteiger partial charge < -0.3 is 10.2 Å². The smallest absolute Gasteiger partial charge is 0.214 e. The number of nitrogens with zero attached hydrogens (tertiary/aromatic N) is 3. The van der Waals surface area contributed by atoms with Crippen LogP contribution in [-0.4, -0.2) is 36.7 Å². The van der Waals surface area contributed by atoms with Crippen LogP contribution in [0.1, 0.15) is 26.3 Å². The molecule has 1 aliphatic rings. The topological polar surface area (TPSA) is 57.6 Å². The number of nitrogens with one attached hydrogen (secondary N) is 1. The first-order valence-electron chi connectivity index (χ1n) is 10.7. The minimum Gasteiger partial charge on any atom is -0.351 e. The Kier molecular flexibility index (Phi) is 18.1. The highest BCUT2D eigenvalue weighted by Crippen LogP contribution is 2.26. The Morgan fingerprint density at radius 2 is 2.12 bits per heavy atom. The standard InChI is InChI=1S/C16H21ClN2S.C8H8N2O.C2H6/c1-5-9-16(11-8-12-17)20-14(2)10-6-7-13-19-15(3)18-4;11-6-10-4-2-7-1-3-9-5-8(7)10;1-2/h5-11,13H,1-2,12H2,3-4H3,(H,18,19);1,3,5-6H,2,4H2;1-2H3/b10-6+,11-8-,13-7-,16-9+;;. The number of allylic oxidation sites excluding steroid dienone is 7. The van der Waals surface area contributed by atoms with Gasteiger partial charge in [0, 0.05) is 41.7 Å². The molecule has 0 fully saturated rings. The minimum atomic E-state index is 0.490. The second-order valence-electron chi connectivity index (χ2n) is 6.15. The summed E-state index contributed by atoms with van der Waals surface area (Å²) in [5.74, 6) is 1.36. The Labute approximate surface area is 208 Å². The van der Waals surface area contributed by atoms with Gasteiger partial charge in [-0.05, 0) is 43.2 Å². The molecule has 0 bridgehead atoms. The Morgan fingerprint density at radius 3 is 2.76 bits per heavy atom. The van der Waals surface area contributed by atoms with Crippen molar-refractivity contribution in [1.82, 2.24) is 10.3 Å². The van der Waals surface area contributed by atoms with Crippen LogP contribution in [0.4, 0.5) is 5.69 Å². The third-order valence-corrected chi connectivity index (χ3v) is 5.05. The normalized spacial score (nSPS) is 13.3. The lowest BCUT2D eigenvalue weighted by Gasteiger charge is -2.07. The Bertz CT molecular complexity index is 888. The predicted octanol–water partition coefficient (Wildman–Crippen LogP) is 6.43. The molecule has 0 unspecified atom stereocenters. The van der Waals surface area contributed by atoms with E-state index >= 15 is 0 Å². The van der Waals surface area contributed by atoms with Crippen LogP contribution in [0.15, 0.2) is 95.2 Å². The van der Waals surface area contributed by atoms with E-state index in [4.69, 9.17) is 11.6 Å². The van der Waals surface area contributed by atoms with E-state index < -0.39 is 0 Å². The summed E-state index contributed by atoms with van der Waals surface area (Å²) >= 11 is 7.19. The molecule has 178 valence electrons.